The zero-order valence-electron chi connectivity index (χ0n) is 18.9. The number of para-hydroxylation sites is 1. The Hall–Kier alpha value is -4.19. The Balaban J connectivity index is 1.25. The van der Waals surface area contributed by atoms with E-state index in [4.69, 9.17) is 0 Å². The van der Waals surface area contributed by atoms with Gasteiger partial charge in [-0.15, -0.1) is 0 Å². The van der Waals surface area contributed by atoms with Gasteiger partial charge in [0.1, 0.15) is 0 Å². The van der Waals surface area contributed by atoms with Gasteiger partial charge in [-0.05, 0) is 23.3 Å². The molecule has 0 saturated carbocycles. The van der Waals surface area contributed by atoms with Crippen LogP contribution in [-0.2, 0) is 4.79 Å². The monoisotopic (exact) mass is 449 g/mol. The summed E-state index contributed by atoms with van der Waals surface area (Å²) in [5, 5.41) is 3.01. The zero-order chi connectivity index (χ0) is 23.2. The molecular formula is C28H27N5O. The van der Waals surface area contributed by atoms with E-state index in [0.29, 0.717) is 11.6 Å². The lowest BCUT2D eigenvalue weighted by Gasteiger charge is -2.36. The van der Waals surface area contributed by atoms with Crippen LogP contribution in [0.2, 0.25) is 0 Å². The molecule has 0 aliphatic carbocycles. The second-order valence-electron chi connectivity index (χ2n) is 8.33. The third-order valence-electron chi connectivity index (χ3n) is 6.12. The molecule has 3 aromatic carbocycles. The van der Waals surface area contributed by atoms with Crippen molar-refractivity contribution in [2.24, 2.45) is 0 Å². The summed E-state index contributed by atoms with van der Waals surface area (Å²) >= 11 is 0. The van der Waals surface area contributed by atoms with E-state index in [-0.39, 0.29) is 5.91 Å². The van der Waals surface area contributed by atoms with Gasteiger partial charge in [0.25, 0.3) is 0 Å². The zero-order valence-corrected chi connectivity index (χ0v) is 18.9. The number of anilines is 3. The molecule has 4 aromatic rings. The number of carbonyl (C=O) groups excluding carboxylic acids is 1. The van der Waals surface area contributed by atoms with Crippen LogP contribution in [0.5, 0.6) is 0 Å². The van der Waals surface area contributed by atoms with Gasteiger partial charge in [0.2, 0.25) is 11.9 Å². The summed E-state index contributed by atoms with van der Waals surface area (Å²) in [6.07, 6.45) is 3.38. The maximum atomic E-state index is 13.3. The molecule has 0 atom stereocenters. The first-order chi connectivity index (χ1) is 16.8. The van der Waals surface area contributed by atoms with E-state index in [1.54, 1.807) is 12.4 Å². The molecule has 1 aliphatic heterocycles. The lowest BCUT2D eigenvalue weighted by molar-refractivity contribution is -0.116. The van der Waals surface area contributed by atoms with Gasteiger partial charge >= 0.3 is 0 Å². The molecule has 1 aromatic heterocycles. The Labute approximate surface area is 199 Å². The first kappa shape index (κ1) is 21.6. The van der Waals surface area contributed by atoms with E-state index < -0.39 is 5.92 Å². The largest absolute Gasteiger partial charge is 0.368 e. The standard InChI is InChI=1S/C28H27N5O/c34-27(26(22-10-4-1-5-11-22)23-12-6-2-7-13-23)31-24-20-29-28(30-21-24)33-18-16-32(17-19-33)25-14-8-3-9-15-25/h1-15,20-21,26H,16-19H2,(H,31,34). The molecule has 6 nitrogen and oxygen atoms in total. The van der Waals surface area contributed by atoms with Gasteiger partial charge in [0.05, 0.1) is 24.0 Å². The number of aromatic nitrogens is 2. The van der Waals surface area contributed by atoms with Crippen LogP contribution in [-0.4, -0.2) is 42.1 Å². The average Bonchev–Trinajstić information content (AvgIpc) is 2.91. The van der Waals surface area contributed by atoms with E-state index in [0.717, 1.165) is 37.3 Å². The van der Waals surface area contributed by atoms with Crippen LogP contribution in [0.25, 0.3) is 0 Å². The van der Waals surface area contributed by atoms with Crippen molar-refractivity contribution in [2.45, 2.75) is 5.92 Å². The van der Waals surface area contributed by atoms with Crippen LogP contribution in [0, 0.1) is 0 Å². The molecule has 1 amide bonds. The quantitative estimate of drug-likeness (QED) is 0.467. The smallest absolute Gasteiger partial charge is 0.236 e. The Morgan fingerprint density at radius 2 is 1.15 bits per heavy atom. The molecule has 0 bridgehead atoms. The van der Waals surface area contributed by atoms with Gasteiger partial charge in [0, 0.05) is 31.9 Å². The number of carbonyl (C=O) groups is 1. The Bertz CT molecular complexity index is 1150. The molecule has 1 saturated heterocycles. The highest BCUT2D eigenvalue weighted by Gasteiger charge is 2.23. The number of piperazine rings is 1. The molecule has 0 spiro atoms. The summed E-state index contributed by atoms with van der Waals surface area (Å²) in [5.41, 5.74) is 3.72. The summed E-state index contributed by atoms with van der Waals surface area (Å²) in [6.45, 7) is 3.54. The fourth-order valence-electron chi connectivity index (χ4n) is 4.35. The lowest BCUT2D eigenvalue weighted by atomic mass is 9.90. The minimum absolute atomic E-state index is 0.106. The molecule has 34 heavy (non-hydrogen) atoms. The molecule has 1 N–H and O–H groups in total. The van der Waals surface area contributed by atoms with Crippen LogP contribution >= 0.6 is 0 Å². The first-order valence-electron chi connectivity index (χ1n) is 11.6. The third-order valence-corrected chi connectivity index (χ3v) is 6.12. The molecule has 170 valence electrons. The highest BCUT2D eigenvalue weighted by Crippen LogP contribution is 2.26. The number of hydrogen-bond donors (Lipinski definition) is 1. The van der Waals surface area contributed by atoms with Crippen LogP contribution in [0.15, 0.2) is 103 Å². The van der Waals surface area contributed by atoms with E-state index in [1.807, 2.05) is 66.7 Å². The van der Waals surface area contributed by atoms with Gasteiger partial charge in [0.15, 0.2) is 0 Å². The molecule has 1 aliphatic rings. The SMILES string of the molecule is O=C(Nc1cnc(N2CCN(c3ccccc3)CC2)nc1)C(c1ccccc1)c1ccccc1. The molecule has 5 rings (SSSR count). The summed E-state index contributed by atoms with van der Waals surface area (Å²) in [4.78, 5) is 26.9. The predicted molar refractivity (Wildman–Crippen MR) is 136 cm³/mol. The van der Waals surface area contributed by atoms with E-state index in [2.05, 4.69) is 49.4 Å². The lowest BCUT2D eigenvalue weighted by Crippen LogP contribution is -2.47. The third kappa shape index (κ3) is 4.91. The number of amides is 1. The number of nitrogens with zero attached hydrogens (tertiary/aromatic N) is 4. The summed E-state index contributed by atoms with van der Waals surface area (Å²) < 4.78 is 0. The number of hydrogen-bond acceptors (Lipinski definition) is 5. The number of nitrogens with one attached hydrogen (secondary N) is 1. The van der Waals surface area contributed by atoms with Crippen LogP contribution < -0.4 is 15.1 Å². The van der Waals surface area contributed by atoms with Crippen LogP contribution in [0.1, 0.15) is 17.0 Å². The van der Waals surface area contributed by atoms with Crippen molar-refractivity contribution in [3.05, 3.63) is 115 Å². The fourth-order valence-corrected chi connectivity index (χ4v) is 4.35. The fraction of sp³-hybridized carbons (Fsp3) is 0.179. The van der Waals surface area contributed by atoms with Crippen molar-refractivity contribution in [2.75, 3.05) is 41.3 Å². The molecule has 0 radical (unpaired) electrons. The highest BCUT2D eigenvalue weighted by atomic mass is 16.1. The minimum Gasteiger partial charge on any atom is -0.368 e. The van der Waals surface area contributed by atoms with Gasteiger partial charge in [-0.1, -0.05) is 78.9 Å². The maximum absolute atomic E-state index is 13.3. The Kier molecular flexibility index (Phi) is 6.47. The van der Waals surface area contributed by atoms with Crippen molar-refractivity contribution in [3.63, 3.8) is 0 Å². The normalized spacial score (nSPS) is 13.7. The van der Waals surface area contributed by atoms with Crippen LogP contribution in [0.4, 0.5) is 17.3 Å². The molecule has 6 heteroatoms. The van der Waals surface area contributed by atoms with Gasteiger partial charge in [-0.25, -0.2) is 9.97 Å². The molecular weight excluding hydrogens is 422 g/mol. The maximum Gasteiger partial charge on any atom is 0.236 e. The van der Waals surface area contributed by atoms with Crippen LogP contribution in [0.3, 0.4) is 0 Å². The topological polar surface area (TPSA) is 61.4 Å². The van der Waals surface area contributed by atoms with Gasteiger partial charge < -0.3 is 15.1 Å². The second kappa shape index (κ2) is 10.2. The number of benzene rings is 3. The highest BCUT2D eigenvalue weighted by molar-refractivity contribution is 5.98. The van der Waals surface area contributed by atoms with Gasteiger partial charge in [-0.2, -0.15) is 0 Å². The van der Waals surface area contributed by atoms with Crippen molar-refractivity contribution in [3.8, 4) is 0 Å². The predicted octanol–water partition coefficient (Wildman–Crippen LogP) is 4.57. The van der Waals surface area contributed by atoms with Gasteiger partial charge in [-0.3, -0.25) is 4.79 Å². The summed E-state index contributed by atoms with van der Waals surface area (Å²) in [5.74, 6) is 0.173. The first-order valence-corrected chi connectivity index (χ1v) is 11.6. The second-order valence-corrected chi connectivity index (χ2v) is 8.33. The van der Waals surface area contributed by atoms with Crippen molar-refractivity contribution in [1.29, 1.82) is 0 Å². The average molecular weight is 450 g/mol. The Morgan fingerprint density at radius 1 is 0.676 bits per heavy atom. The van der Waals surface area contributed by atoms with E-state index in [1.165, 1.54) is 5.69 Å². The van der Waals surface area contributed by atoms with Crippen molar-refractivity contribution < 1.29 is 4.79 Å². The molecule has 1 fully saturated rings. The summed E-state index contributed by atoms with van der Waals surface area (Å²) in [7, 11) is 0. The van der Waals surface area contributed by atoms with E-state index >= 15 is 0 Å². The molecule has 0 unspecified atom stereocenters. The minimum atomic E-state index is -0.409. The number of rotatable bonds is 6. The molecule has 2 heterocycles. The summed E-state index contributed by atoms with van der Waals surface area (Å²) in [6, 6.07) is 30.1. The Morgan fingerprint density at radius 3 is 1.68 bits per heavy atom. The van der Waals surface area contributed by atoms with Crippen molar-refractivity contribution >= 4 is 23.2 Å². The van der Waals surface area contributed by atoms with Crippen molar-refractivity contribution in [1.82, 2.24) is 9.97 Å². The van der Waals surface area contributed by atoms with E-state index in [9.17, 15) is 4.79 Å².